The van der Waals surface area contributed by atoms with E-state index in [1.165, 1.54) is 12.8 Å². The average molecular weight is 271 g/mol. The van der Waals surface area contributed by atoms with Gasteiger partial charge in [-0.1, -0.05) is 0 Å². The first kappa shape index (κ1) is 14.8. The van der Waals surface area contributed by atoms with Crippen molar-refractivity contribution in [2.75, 3.05) is 46.6 Å². The molecule has 110 valence electrons. The van der Waals surface area contributed by atoms with Crippen LogP contribution >= 0.6 is 0 Å². The van der Waals surface area contributed by atoms with Crippen LogP contribution < -0.4 is 0 Å². The van der Waals surface area contributed by atoms with Crippen LogP contribution in [0.15, 0.2) is 0 Å². The molecule has 1 atom stereocenters. The van der Waals surface area contributed by atoms with Crippen LogP contribution in [-0.2, 0) is 19.0 Å². The molecule has 2 rings (SSSR count). The van der Waals surface area contributed by atoms with Gasteiger partial charge < -0.3 is 14.2 Å². The highest BCUT2D eigenvalue weighted by Crippen LogP contribution is 2.45. The number of carbonyl (C=O) groups excluding carboxylic acids is 1. The second-order valence-corrected chi connectivity index (χ2v) is 5.39. The van der Waals surface area contributed by atoms with E-state index in [0.717, 1.165) is 26.3 Å². The van der Waals surface area contributed by atoms with Gasteiger partial charge in [0, 0.05) is 20.2 Å². The Bertz CT molecular complexity index is 300. The molecule has 2 fully saturated rings. The third-order valence-electron chi connectivity index (χ3n) is 4.13. The number of nitrogens with zero attached hydrogens (tertiary/aromatic N) is 1. The van der Waals surface area contributed by atoms with Crippen LogP contribution in [0.3, 0.4) is 0 Å². The van der Waals surface area contributed by atoms with Gasteiger partial charge in [-0.15, -0.1) is 0 Å². The second-order valence-electron chi connectivity index (χ2n) is 5.39. The van der Waals surface area contributed by atoms with Gasteiger partial charge in [0.2, 0.25) is 0 Å². The highest BCUT2D eigenvalue weighted by Gasteiger charge is 2.51. The summed E-state index contributed by atoms with van der Waals surface area (Å²) in [5.74, 6) is 0.438. The molecule has 0 radical (unpaired) electrons. The minimum atomic E-state index is -0.190. The van der Waals surface area contributed by atoms with Crippen LogP contribution in [0.1, 0.15) is 26.2 Å². The molecule has 19 heavy (non-hydrogen) atoms. The Morgan fingerprint density at radius 3 is 2.58 bits per heavy atom. The summed E-state index contributed by atoms with van der Waals surface area (Å²) in [6.45, 7) is 6.11. The average Bonchev–Trinajstić information content (AvgIpc) is 3.24. The van der Waals surface area contributed by atoms with E-state index < -0.39 is 0 Å². The molecule has 1 aliphatic heterocycles. The van der Waals surface area contributed by atoms with Crippen molar-refractivity contribution >= 4 is 5.97 Å². The first-order valence-corrected chi connectivity index (χ1v) is 7.20. The smallest absolute Gasteiger partial charge is 0.307 e. The van der Waals surface area contributed by atoms with Crippen LogP contribution in [0.5, 0.6) is 0 Å². The number of rotatable bonds is 7. The quantitative estimate of drug-likeness (QED) is 0.648. The standard InChI is InChI=1S/C14H25NO4/c1-3-19-13(16)10-14(11-17-2,12-4-5-12)15-6-8-18-9-7-15/h12H,3-11H2,1-2H3. The summed E-state index contributed by atoms with van der Waals surface area (Å²) < 4.78 is 16.0. The van der Waals surface area contributed by atoms with Crippen molar-refractivity contribution in [1.29, 1.82) is 0 Å². The number of methoxy groups -OCH3 is 1. The molecule has 1 aliphatic carbocycles. The maximum atomic E-state index is 12.0. The zero-order chi connectivity index (χ0) is 13.7. The molecule has 1 unspecified atom stereocenters. The van der Waals surface area contributed by atoms with Gasteiger partial charge in [-0.2, -0.15) is 0 Å². The SMILES string of the molecule is CCOC(=O)CC(COC)(C1CC1)N1CCOCC1. The summed E-state index contributed by atoms with van der Waals surface area (Å²) in [4.78, 5) is 14.4. The maximum Gasteiger partial charge on any atom is 0.307 e. The van der Waals surface area contributed by atoms with Crippen LogP contribution in [0, 0.1) is 5.92 Å². The maximum absolute atomic E-state index is 12.0. The Balaban J connectivity index is 2.11. The summed E-state index contributed by atoms with van der Waals surface area (Å²) in [6.07, 6.45) is 2.79. The van der Waals surface area contributed by atoms with Crippen molar-refractivity contribution in [2.45, 2.75) is 31.7 Å². The van der Waals surface area contributed by atoms with E-state index in [2.05, 4.69) is 4.90 Å². The number of hydrogen-bond acceptors (Lipinski definition) is 5. The van der Waals surface area contributed by atoms with Crippen LogP contribution in [0.4, 0.5) is 0 Å². The minimum Gasteiger partial charge on any atom is -0.466 e. The van der Waals surface area contributed by atoms with Gasteiger partial charge in [0.05, 0.1) is 38.4 Å². The fourth-order valence-electron chi connectivity index (χ4n) is 3.12. The van der Waals surface area contributed by atoms with E-state index in [1.54, 1.807) is 7.11 Å². The van der Waals surface area contributed by atoms with Gasteiger partial charge in [0.1, 0.15) is 0 Å². The lowest BCUT2D eigenvalue weighted by molar-refractivity contribution is -0.151. The third-order valence-corrected chi connectivity index (χ3v) is 4.13. The van der Waals surface area contributed by atoms with Crippen molar-refractivity contribution in [3.8, 4) is 0 Å². The molecule has 5 heteroatoms. The predicted octanol–water partition coefficient (Wildman–Crippen LogP) is 1.07. The number of esters is 1. The zero-order valence-corrected chi connectivity index (χ0v) is 12.0. The van der Waals surface area contributed by atoms with E-state index in [9.17, 15) is 4.79 Å². The fraction of sp³-hybridized carbons (Fsp3) is 0.929. The van der Waals surface area contributed by atoms with Crippen LogP contribution in [-0.4, -0.2) is 63.0 Å². The van der Waals surface area contributed by atoms with E-state index in [4.69, 9.17) is 14.2 Å². The molecule has 1 saturated heterocycles. The minimum absolute atomic E-state index is 0.113. The Morgan fingerprint density at radius 2 is 2.05 bits per heavy atom. The van der Waals surface area contributed by atoms with Crippen molar-refractivity contribution in [1.82, 2.24) is 4.90 Å². The van der Waals surface area contributed by atoms with Gasteiger partial charge >= 0.3 is 5.97 Å². The summed E-state index contributed by atoms with van der Waals surface area (Å²) in [5.41, 5.74) is -0.190. The normalized spacial score (nSPS) is 23.9. The van der Waals surface area contributed by atoms with Crippen molar-refractivity contribution in [3.63, 3.8) is 0 Å². The largest absolute Gasteiger partial charge is 0.466 e. The lowest BCUT2D eigenvalue weighted by Gasteiger charge is -2.45. The topological polar surface area (TPSA) is 48.0 Å². The highest BCUT2D eigenvalue weighted by molar-refractivity contribution is 5.71. The van der Waals surface area contributed by atoms with Crippen molar-refractivity contribution in [2.24, 2.45) is 5.92 Å². The van der Waals surface area contributed by atoms with Crippen LogP contribution in [0.25, 0.3) is 0 Å². The molecule has 0 amide bonds. The molecule has 0 N–H and O–H groups in total. The molecule has 2 aliphatic rings. The predicted molar refractivity (Wildman–Crippen MR) is 71.0 cm³/mol. The fourth-order valence-corrected chi connectivity index (χ4v) is 3.12. The molecule has 0 aromatic carbocycles. The Hall–Kier alpha value is -0.650. The molecular formula is C14H25NO4. The summed E-state index contributed by atoms with van der Waals surface area (Å²) in [6, 6.07) is 0. The van der Waals surface area contributed by atoms with E-state index in [0.29, 0.717) is 25.6 Å². The van der Waals surface area contributed by atoms with Gasteiger partial charge in [-0.05, 0) is 25.7 Å². The first-order chi connectivity index (χ1) is 9.23. The molecule has 0 aromatic heterocycles. The van der Waals surface area contributed by atoms with E-state index in [-0.39, 0.29) is 11.5 Å². The Labute approximate surface area is 115 Å². The van der Waals surface area contributed by atoms with E-state index >= 15 is 0 Å². The van der Waals surface area contributed by atoms with Gasteiger partial charge in [-0.25, -0.2) is 0 Å². The number of carbonyl (C=O) groups is 1. The Morgan fingerprint density at radius 1 is 1.37 bits per heavy atom. The summed E-state index contributed by atoms with van der Waals surface area (Å²) >= 11 is 0. The van der Waals surface area contributed by atoms with Crippen LogP contribution in [0.2, 0.25) is 0 Å². The van der Waals surface area contributed by atoms with Gasteiger partial charge in [0.15, 0.2) is 0 Å². The number of hydrogen-bond donors (Lipinski definition) is 0. The molecule has 5 nitrogen and oxygen atoms in total. The molecule has 1 saturated carbocycles. The summed E-state index contributed by atoms with van der Waals surface area (Å²) in [7, 11) is 1.71. The Kier molecular flexibility index (Phi) is 5.19. The molecule has 0 aromatic rings. The highest BCUT2D eigenvalue weighted by atomic mass is 16.5. The lowest BCUT2D eigenvalue weighted by Crippen LogP contribution is -2.58. The first-order valence-electron chi connectivity index (χ1n) is 7.20. The zero-order valence-electron chi connectivity index (χ0n) is 12.0. The monoisotopic (exact) mass is 271 g/mol. The molecular weight excluding hydrogens is 246 g/mol. The van der Waals surface area contributed by atoms with E-state index in [1.807, 2.05) is 6.92 Å². The second kappa shape index (κ2) is 6.68. The number of morpholine rings is 1. The summed E-state index contributed by atoms with van der Waals surface area (Å²) in [5, 5.41) is 0. The number of ether oxygens (including phenoxy) is 3. The third kappa shape index (κ3) is 3.46. The molecule has 1 heterocycles. The van der Waals surface area contributed by atoms with Crippen molar-refractivity contribution < 1.29 is 19.0 Å². The molecule has 0 spiro atoms. The lowest BCUT2D eigenvalue weighted by atomic mass is 9.87. The van der Waals surface area contributed by atoms with Gasteiger partial charge in [-0.3, -0.25) is 9.69 Å². The molecule has 0 bridgehead atoms. The van der Waals surface area contributed by atoms with Crippen molar-refractivity contribution in [3.05, 3.63) is 0 Å². The van der Waals surface area contributed by atoms with Gasteiger partial charge in [0.25, 0.3) is 0 Å².